The van der Waals surface area contributed by atoms with Crippen molar-refractivity contribution in [3.8, 4) is 5.75 Å². The van der Waals surface area contributed by atoms with Crippen LogP contribution < -0.4 is 20.7 Å². The van der Waals surface area contributed by atoms with Crippen molar-refractivity contribution in [2.75, 3.05) is 29.9 Å². The minimum atomic E-state index is -4.66. The number of aryl methyl sites for hydroxylation is 1. The topological polar surface area (TPSA) is 204 Å². The van der Waals surface area contributed by atoms with Gasteiger partial charge in [-0.2, -0.15) is 10.1 Å². The lowest BCUT2D eigenvalue weighted by Gasteiger charge is -2.37. The zero-order chi connectivity index (χ0) is 27.9. The first-order valence-electron chi connectivity index (χ1n) is 11.8. The molecule has 4 heterocycles. The molecule has 0 spiro atoms. The maximum Gasteiger partial charge on any atom is 0.470 e. The minimum absolute atomic E-state index is 0.00629. The number of nitrogens with two attached hydrogens (primary N) is 1. The number of fused-ring (bicyclic) bond motifs is 1. The second-order valence-corrected chi connectivity index (χ2v) is 10.9. The highest BCUT2D eigenvalue weighted by Gasteiger charge is 2.34. The molecular weight excluding hydrogens is 531 g/mol. The molecule has 1 aromatic carbocycles. The summed E-state index contributed by atoms with van der Waals surface area (Å²) in [4.78, 5) is 45.4. The summed E-state index contributed by atoms with van der Waals surface area (Å²) >= 11 is 0. The summed E-state index contributed by atoms with van der Waals surface area (Å²) in [6, 6.07) is 5.48. The van der Waals surface area contributed by atoms with Crippen LogP contribution in [0.5, 0.6) is 5.75 Å². The number of ether oxygens (including phenoxy) is 1. The van der Waals surface area contributed by atoms with Crippen LogP contribution >= 0.6 is 7.82 Å². The number of phosphoric ester groups is 1. The van der Waals surface area contributed by atoms with Crippen LogP contribution in [0.3, 0.4) is 0 Å². The molecule has 206 valence electrons. The second-order valence-electron chi connectivity index (χ2n) is 9.74. The Morgan fingerprint density at radius 2 is 2.05 bits per heavy atom. The lowest BCUT2D eigenvalue weighted by molar-refractivity contribution is 0.0240. The molecule has 5 N–H and O–H groups in total. The molecule has 1 amide bonds. The molecule has 15 nitrogen and oxygen atoms in total. The summed E-state index contributed by atoms with van der Waals surface area (Å²) in [5, 5.41) is 7.09. The fraction of sp³-hybridized carbons (Fsp3) is 0.348. The number of nitrogens with zero attached hydrogens (tertiary/aromatic N) is 6. The first-order chi connectivity index (χ1) is 18.3. The van der Waals surface area contributed by atoms with Gasteiger partial charge >= 0.3 is 7.82 Å². The molecule has 1 aliphatic rings. The number of hydrogen-bond acceptors (Lipinski definition) is 11. The third-order valence-electron chi connectivity index (χ3n) is 5.86. The zero-order valence-corrected chi connectivity index (χ0v) is 22.2. The number of nitrogens with one attached hydrogen (secondary N) is 1. The predicted octanol–water partition coefficient (Wildman–Crippen LogP) is 2.06. The first kappa shape index (κ1) is 26.6. The average molecular weight is 558 g/mol. The molecule has 0 atom stereocenters. The number of carbonyl (C=O) groups is 1. The van der Waals surface area contributed by atoms with Gasteiger partial charge in [0.15, 0.2) is 17.1 Å². The van der Waals surface area contributed by atoms with Crippen LogP contribution in [0.4, 0.5) is 17.5 Å². The number of benzene rings is 1. The van der Waals surface area contributed by atoms with Crippen LogP contribution in [0.25, 0.3) is 11.1 Å². The molecule has 0 unspecified atom stereocenters. The Balaban J connectivity index is 1.24. The van der Waals surface area contributed by atoms with E-state index >= 15 is 0 Å². The lowest BCUT2D eigenvalue weighted by Crippen LogP contribution is -2.45. The molecule has 0 aliphatic carbocycles. The van der Waals surface area contributed by atoms with E-state index in [0.29, 0.717) is 47.3 Å². The molecular formula is C23H27N8O7P. The Morgan fingerprint density at radius 1 is 1.28 bits per heavy atom. The Morgan fingerprint density at radius 3 is 2.72 bits per heavy atom. The van der Waals surface area contributed by atoms with Crippen LogP contribution in [0.15, 0.2) is 41.2 Å². The van der Waals surface area contributed by atoms with Crippen LogP contribution in [0.1, 0.15) is 35.9 Å². The van der Waals surface area contributed by atoms with E-state index in [-0.39, 0.29) is 24.0 Å². The van der Waals surface area contributed by atoms with Crippen LogP contribution in [-0.4, -0.2) is 65.7 Å². The number of aromatic nitrogens is 5. The monoisotopic (exact) mass is 558 g/mol. The minimum Gasteiger partial charge on any atom is -0.490 e. The SMILES string of the molecule is Cn1cc(Nc2ncc(C3CN(c4nc5ccc(OCC(C)(C)OP(=O)(O)O)cc5o4)C3)nc2C(N)=O)cn1. The normalized spacial score (nSPS) is 14.4. The van der Waals surface area contributed by atoms with E-state index in [1.807, 2.05) is 4.90 Å². The van der Waals surface area contributed by atoms with E-state index in [1.54, 1.807) is 48.5 Å². The molecule has 0 bridgehead atoms. The van der Waals surface area contributed by atoms with Gasteiger partial charge in [0.05, 0.1) is 23.8 Å². The molecule has 1 aliphatic heterocycles. The van der Waals surface area contributed by atoms with Gasteiger partial charge in [-0.15, -0.1) is 0 Å². The molecule has 39 heavy (non-hydrogen) atoms. The summed E-state index contributed by atoms with van der Waals surface area (Å²) in [6.07, 6.45) is 4.95. The number of hydrogen-bond donors (Lipinski definition) is 4. The number of oxazole rings is 1. The largest absolute Gasteiger partial charge is 0.490 e. The number of amides is 1. The van der Waals surface area contributed by atoms with E-state index in [0.717, 1.165) is 0 Å². The molecule has 1 saturated heterocycles. The first-order valence-corrected chi connectivity index (χ1v) is 13.4. The molecule has 16 heteroatoms. The van der Waals surface area contributed by atoms with Crippen LogP contribution in [0.2, 0.25) is 0 Å². The fourth-order valence-electron chi connectivity index (χ4n) is 4.03. The maximum absolute atomic E-state index is 12.0. The van der Waals surface area contributed by atoms with Crippen molar-refractivity contribution in [1.82, 2.24) is 24.7 Å². The standard InChI is InChI=1S/C23H27N8O7P/c1-23(2,38-39(33,34)35)12-36-15-4-5-16-18(6-15)37-22(29-16)31-9-13(10-31)17-8-25-21(19(28-17)20(24)32)27-14-7-26-30(3)11-14/h4-8,11,13H,9-10,12H2,1-3H3,(H2,24,32)(H,25,27)(H2,33,34,35). The van der Waals surface area contributed by atoms with Crippen LogP contribution in [-0.2, 0) is 16.1 Å². The van der Waals surface area contributed by atoms with Gasteiger partial charge in [0.25, 0.3) is 11.9 Å². The smallest absolute Gasteiger partial charge is 0.470 e. The quantitative estimate of drug-likeness (QED) is 0.206. The third kappa shape index (κ3) is 6.17. The molecule has 5 rings (SSSR count). The summed E-state index contributed by atoms with van der Waals surface area (Å²) < 4.78 is 29.1. The Labute approximate surface area is 222 Å². The van der Waals surface area contributed by atoms with Crippen molar-refractivity contribution >= 4 is 42.3 Å². The van der Waals surface area contributed by atoms with Crippen molar-refractivity contribution in [2.24, 2.45) is 12.8 Å². The van der Waals surface area contributed by atoms with Gasteiger partial charge < -0.3 is 34.9 Å². The molecule has 1 fully saturated rings. The van der Waals surface area contributed by atoms with Gasteiger partial charge in [-0.1, -0.05) is 0 Å². The molecule has 4 aromatic rings. The lowest BCUT2D eigenvalue weighted by atomic mass is 9.97. The van der Waals surface area contributed by atoms with E-state index in [9.17, 15) is 9.36 Å². The van der Waals surface area contributed by atoms with E-state index in [2.05, 4.69) is 25.4 Å². The fourth-order valence-corrected chi connectivity index (χ4v) is 4.73. The number of carbonyl (C=O) groups excluding carboxylic acids is 1. The summed E-state index contributed by atoms with van der Waals surface area (Å²) in [5.74, 6) is -0.0128. The predicted molar refractivity (Wildman–Crippen MR) is 139 cm³/mol. The molecule has 0 saturated carbocycles. The number of rotatable bonds is 10. The highest BCUT2D eigenvalue weighted by atomic mass is 31.2. The zero-order valence-electron chi connectivity index (χ0n) is 21.3. The Bertz CT molecular complexity index is 1570. The maximum atomic E-state index is 12.0. The van der Waals surface area contributed by atoms with Crippen LogP contribution in [0, 0.1) is 0 Å². The summed E-state index contributed by atoms with van der Waals surface area (Å²) in [5.41, 5.74) is 6.77. The van der Waals surface area contributed by atoms with E-state index < -0.39 is 19.3 Å². The van der Waals surface area contributed by atoms with Gasteiger partial charge in [-0.3, -0.25) is 14.0 Å². The van der Waals surface area contributed by atoms with Gasteiger partial charge in [-0.05, 0) is 26.0 Å². The summed E-state index contributed by atoms with van der Waals surface area (Å²) in [7, 11) is -2.88. The number of primary amides is 1. The van der Waals surface area contributed by atoms with Gasteiger partial charge in [0, 0.05) is 38.3 Å². The van der Waals surface area contributed by atoms with Crippen molar-refractivity contribution < 1.29 is 32.8 Å². The van der Waals surface area contributed by atoms with Gasteiger partial charge in [0.1, 0.15) is 23.5 Å². The van der Waals surface area contributed by atoms with E-state index in [4.69, 9.17) is 29.2 Å². The summed E-state index contributed by atoms with van der Waals surface area (Å²) in [6.45, 7) is 4.03. The Kier molecular flexibility index (Phi) is 6.76. The second kappa shape index (κ2) is 9.93. The number of phosphoric acid groups is 1. The van der Waals surface area contributed by atoms with Crippen molar-refractivity contribution in [3.05, 3.63) is 48.2 Å². The average Bonchev–Trinajstić information content (AvgIpc) is 3.41. The number of anilines is 3. The van der Waals surface area contributed by atoms with Crippen molar-refractivity contribution in [3.63, 3.8) is 0 Å². The third-order valence-corrected chi connectivity index (χ3v) is 6.60. The highest BCUT2D eigenvalue weighted by Crippen LogP contribution is 2.41. The van der Waals surface area contributed by atoms with E-state index in [1.165, 1.54) is 13.8 Å². The van der Waals surface area contributed by atoms with Gasteiger partial charge in [-0.25, -0.2) is 14.5 Å². The van der Waals surface area contributed by atoms with Crippen molar-refractivity contribution in [2.45, 2.75) is 25.4 Å². The molecule has 3 aromatic heterocycles. The molecule has 0 radical (unpaired) electrons. The van der Waals surface area contributed by atoms with Gasteiger partial charge in [0.2, 0.25) is 0 Å². The van der Waals surface area contributed by atoms with Crippen molar-refractivity contribution in [1.29, 1.82) is 0 Å². The highest BCUT2D eigenvalue weighted by molar-refractivity contribution is 7.46. The Hall–Kier alpha value is -4.04.